The monoisotopic (exact) mass is 384 g/mol. The van der Waals surface area contributed by atoms with Gasteiger partial charge in [-0.1, -0.05) is 17.4 Å². The highest BCUT2D eigenvalue weighted by atomic mass is 32.1. The van der Waals surface area contributed by atoms with Crippen molar-refractivity contribution in [1.29, 1.82) is 0 Å². The molecule has 0 aromatic carbocycles. The first-order chi connectivity index (χ1) is 11.9. The quantitative estimate of drug-likeness (QED) is 0.539. The zero-order valence-corrected chi connectivity index (χ0v) is 14.5. The van der Waals surface area contributed by atoms with Crippen LogP contribution in [0.1, 0.15) is 16.4 Å². The van der Waals surface area contributed by atoms with Crippen LogP contribution in [0.15, 0.2) is 23.6 Å². The minimum Gasteiger partial charge on any atom is -0.269 e. The van der Waals surface area contributed by atoms with Crippen molar-refractivity contribution < 1.29 is 13.2 Å². The van der Waals surface area contributed by atoms with Crippen LogP contribution < -0.4 is 0 Å². The molecule has 130 valence electrons. The summed E-state index contributed by atoms with van der Waals surface area (Å²) in [6, 6.07) is 4.91. The number of fused-ring (bicyclic) bond motifs is 1. The average Bonchev–Trinajstić information content (AvgIpc) is 3.27. The van der Waals surface area contributed by atoms with Crippen molar-refractivity contribution in [3.8, 4) is 10.7 Å². The molecule has 0 unspecified atom stereocenters. The molecule has 6 nitrogen and oxygen atoms in total. The molecule has 0 atom stereocenters. The van der Waals surface area contributed by atoms with Crippen molar-refractivity contribution in [2.24, 2.45) is 0 Å². The molecule has 0 radical (unpaired) electrons. The van der Waals surface area contributed by atoms with E-state index < -0.39 is 11.9 Å². The molecule has 0 amide bonds. The van der Waals surface area contributed by atoms with E-state index in [9.17, 15) is 13.2 Å². The lowest BCUT2D eigenvalue weighted by atomic mass is 10.3. The molecular formula is C14H11F3N6S2. The van der Waals surface area contributed by atoms with Crippen LogP contribution >= 0.6 is 22.7 Å². The topological polar surface area (TPSA) is 60.9 Å². The fraction of sp³-hybridized carbons (Fsp3) is 0.286. The second-order valence-corrected chi connectivity index (χ2v) is 7.32. The van der Waals surface area contributed by atoms with Crippen LogP contribution in [0.25, 0.3) is 15.7 Å². The predicted octanol–water partition coefficient (Wildman–Crippen LogP) is 3.68. The number of alkyl halides is 3. The number of hydrogen-bond acceptors (Lipinski definition) is 6. The van der Waals surface area contributed by atoms with E-state index in [4.69, 9.17) is 0 Å². The SMILES string of the molecule is Cc1cc(C(F)(F)F)nn1CCc1nn2c(-c3cccs3)nnc2s1. The first-order valence-electron chi connectivity index (χ1n) is 7.28. The van der Waals surface area contributed by atoms with Crippen LogP contribution in [-0.2, 0) is 19.1 Å². The van der Waals surface area contributed by atoms with Gasteiger partial charge in [0.15, 0.2) is 11.5 Å². The number of aromatic nitrogens is 6. The smallest absolute Gasteiger partial charge is 0.269 e. The first-order valence-corrected chi connectivity index (χ1v) is 8.98. The summed E-state index contributed by atoms with van der Waals surface area (Å²) in [5, 5.41) is 19.1. The molecule has 0 aliphatic heterocycles. The lowest BCUT2D eigenvalue weighted by molar-refractivity contribution is -0.141. The Morgan fingerprint density at radius 3 is 2.72 bits per heavy atom. The van der Waals surface area contributed by atoms with Crippen molar-refractivity contribution in [3.63, 3.8) is 0 Å². The molecule has 25 heavy (non-hydrogen) atoms. The van der Waals surface area contributed by atoms with Crippen LogP contribution in [0.2, 0.25) is 0 Å². The van der Waals surface area contributed by atoms with Gasteiger partial charge in [-0.25, -0.2) is 0 Å². The van der Waals surface area contributed by atoms with Crippen molar-refractivity contribution >= 4 is 27.6 Å². The molecule has 0 saturated heterocycles. The van der Waals surface area contributed by atoms with Crippen LogP contribution in [0.4, 0.5) is 13.2 Å². The number of nitrogens with zero attached hydrogens (tertiary/aromatic N) is 6. The Bertz CT molecular complexity index is 1010. The Morgan fingerprint density at radius 2 is 2.04 bits per heavy atom. The van der Waals surface area contributed by atoms with Gasteiger partial charge < -0.3 is 0 Å². The van der Waals surface area contributed by atoms with Gasteiger partial charge in [0.2, 0.25) is 4.96 Å². The van der Waals surface area contributed by atoms with Gasteiger partial charge in [-0.15, -0.1) is 21.5 Å². The normalized spacial score (nSPS) is 12.3. The van der Waals surface area contributed by atoms with Gasteiger partial charge in [0, 0.05) is 18.7 Å². The molecule has 4 aromatic rings. The summed E-state index contributed by atoms with van der Waals surface area (Å²) in [4.78, 5) is 1.62. The lowest BCUT2D eigenvalue weighted by Gasteiger charge is -2.03. The summed E-state index contributed by atoms with van der Waals surface area (Å²) in [6.45, 7) is 1.93. The Morgan fingerprint density at radius 1 is 1.20 bits per heavy atom. The number of halogens is 3. The summed E-state index contributed by atoms with van der Waals surface area (Å²) < 4.78 is 41.2. The van der Waals surface area contributed by atoms with E-state index in [1.54, 1.807) is 22.8 Å². The Hall–Kier alpha value is -2.27. The molecule has 4 heterocycles. The molecule has 0 aliphatic carbocycles. The highest BCUT2D eigenvalue weighted by Gasteiger charge is 2.34. The second kappa shape index (κ2) is 5.92. The van der Waals surface area contributed by atoms with E-state index in [1.165, 1.54) is 16.0 Å². The zero-order chi connectivity index (χ0) is 17.6. The van der Waals surface area contributed by atoms with E-state index >= 15 is 0 Å². The standard InChI is InChI=1S/C14H11F3N6S2/c1-8-7-10(14(15,16)17)20-22(8)5-4-11-21-23-12(9-3-2-6-24-9)18-19-13(23)25-11/h2-3,6-7H,4-5H2,1H3. The summed E-state index contributed by atoms with van der Waals surface area (Å²) >= 11 is 2.91. The predicted molar refractivity (Wildman–Crippen MR) is 87.6 cm³/mol. The van der Waals surface area contributed by atoms with Crippen LogP contribution in [0, 0.1) is 6.92 Å². The van der Waals surface area contributed by atoms with Gasteiger partial charge in [-0.2, -0.15) is 27.9 Å². The van der Waals surface area contributed by atoms with Crippen molar-refractivity contribution in [3.05, 3.63) is 40.0 Å². The number of hydrogen-bond donors (Lipinski definition) is 0. The Labute approximate surface area is 147 Å². The number of rotatable bonds is 4. The molecular weight excluding hydrogens is 373 g/mol. The van der Waals surface area contributed by atoms with Crippen LogP contribution in [0.5, 0.6) is 0 Å². The molecule has 0 aliphatic rings. The van der Waals surface area contributed by atoms with Gasteiger partial charge >= 0.3 is 6.18 Å². The maximum Gasteiger partial charge on any atom is 0.435 e. The summed E-state index contributed by atoms with van der Waals surface area (Å²) in [5.41, 5.74) is -0.405. The third-order valence-corrected chi connectivity index (χ3v) is 5.41. The van der Waals surface area contributed by atoms with E-state index in [2.05, 4.69) is 20.4 Å². The second-order valence-electron chi connectivity index (χ2n) is 5.33. The van der Waals surface area contributed by atoms with Gasteiger partial charge in [0.25, 0.3) is 0 Å². The molecule has 11 heteroatoms. The number of thiophene rings is 1. The lowest BCUT2D eigenvalue weighted by Crippen LogP contribution is -2.09. The largest absolute Gasteiger partial charge is 0.435 e. The maximum absolute atomic E-state index is 12.7. The molecule has 0 fully saturated rings. The van der Waals surface area contributed by atoms with Crippen LogP contribution in [0.3, 0.4) is 0 Å². The van der Waals surface area contributed by atoms with E-state index in [-0.39, 0.29) is 0 Å². The fourth-order valence-corrected chi connectivity index (χ4v) is 3.91. The molecule has 0 N–H and O–H groups in total. The molecule has 0 saturated carbocycles. The van der Waals surface area contributed by atoms with Crippen molar-refractivity contribution in [1.82, 2.24) is 29.6 Å². The minimum atomic E-state index is -4.43. The average molecular weight is 384 g/mol. The van der Waals surface area contributed by atoms with E-state index in [0.717, 1.165) is 16.0 Å². The Kier molecular flexibility index (Phi) is 3.84. The Balaban J connectivity index is 1.55. The highest BCUT2D eigenvalue weighted by molar-refractivity contribution is 7.16. The fourth-order valence-electron chi connectivity index (χ4n) is 2.39. The van der Waals surface area contributed by atoms with Crippen molar-refractivity contribution in [2.45, 2.75) is 26.1 Å². The third-order valence-electron chi connectivity index (χ3n) is 3.58. The highest BCUT2D eigenvalue weighted by Crippen LogP contribution is 2.29. The van der Waals surface area contributed by atoms with E-state index in [0.29, 0.717) is 29.4 Å². The minimum absolute atomic E-state index is 0.320. The maximum atomic E-state index is 12.7. The van der Waals surface area contributed by atoms with E-state index in [1.807, 2.05) is 17.5 Å². The number of aryl methyl sites for hydroxylation is 3. The third kappa shape index (κ3) is 3.04. The summed E-state index contributed by atoms with van der Waals surface area (Å²) in [6.07, 6.45) is -3.96. The summed E-state index contributed by atoms with van der Waals surface area (Å²) in [5.74, 6) is 0.669. The van der Waals surface area contributed by atoms with Gasteiger partial charge in [0.05, 0.1) is 4.88 Å². The van der Waals surface area contributed by atoms with Gasteiger partial charge in [0.1, 0.15) is 5.01 Å². The molecule has 0 bridgehead atoms. The first kappa shape index (κ1) is 16.2. The zero-order valence-electron chi connectivity index (χ0n) is 12.9. The van der Waals surface area contributed by atoms with Gasteiger partial charge in [-0.05, 0) is 24.4 Å². The molecule has 4 aromatic heterocycles. The van der Waals surface area contributed by atoms with Gasteiger partial charge in [-0.3, -0.25) is 4.68 Å². The molecule has 0 spiro atoms. The van der Waals surface area contributed by atoms with Crippen LogP contribution in [-0.4, -0.2) is 29.6 Å². The van der Waals surface area contributed by atoms with Crippen molar-refractivity contribution in [2.75, 3.05) is 0 Å². The molecule has 4 rings (SSSR count). The summed E-state index contributed by atoms with van der Waals surface area (Å²) in [7, 11) is 0.